The Morgan fingerprint density at radius 3 is 2.73 bits per heavy atom. The van der Waals surface area contributed by atoms with E-state index in [1.165, 1.54) is 12.0 Å². The lowest BCUT2D eigenvalue weighted by Crippen LogP contribution is -2.56. The normalized spacial score (nSPS) is 29.9. The van der Waals surface area contributed by atoms with E-state index in [1.54, 1.807) is 0 Å². The minimum atomic E-state index is 0.502. The monoisotopic (exact) mass is 204 g/mol. The summed E-state index contributed by atoms with van der Waals surface area (Å²) in [4.78, 5) is 6.78. The van der Waals surface area contributed by atoms with E-state index in [2.05, 4.69) is 22.0 Å². The fraction of sp³-hybridized carbons (Fsp3) is 0.583. The van der Waals surface area contributed by atoms with E-state index in [1.807, 2.05) is 13.1 Å². The first-order valence-electron chi connectivity index (χ1n) is 5.59. The van der Waals surface area contributed by atoms with Crippen LogP contribution in [0.1, 0.15) is 17.7 Å². The van der Waals surface area contributed by atoms with Gasteiger partial charge in [-0.15, -0.1) is 0 Å². The minimum absolute atomic E-state index is 0.502. The molecule has 0 amide bonds. The summed E-state index contributed by atoms with van der Waals surface area (Å²) < 4.78 is 5.60. The summed E-state index contributed by atoms with van der Waals surface area (Å²) in [6.45, 7) is 5.21. The third-order valence-corrected chi connectivity index (χ3v) is 3.21. The van der Waals surface area contributed by atoms with Crippen LogP contribution in [0, 0.1) is 6.92 Å². The van der Waals surface area contributed by atoms with Crippen LogP contribution in [-0.4, -0.2) is 35.2 Å². The molecule has 3 aliphatic heterocycles. The van der Waals surface area contributed by atoms with Crippen molar-refractivity contribution in [3.05, 3.63) is 29.6 Å². The highest BCUT2D eigenvalue weighted by Crippen LogP contribution is 2.28. The third-order valence-electron chi connectivity index (χ3n) is 3.21. The molecule has 0 saturated carbocycles. The van der Waals surface area contributed by atoms with Gasteiger partial charge in [0.2, 0.25) is 0 Å². The summed E-state index contributed by atoms with van der Waals surface area (Å²) >= 11 is 0. The highest BCUT2D eigenvalue weighted by atomic mass is 16.5. The lowest BCUT2D eigenvalue weighted by Gasteiger charge is -2.47. The number of morpholine rings is 1. The van der Waals surface area contributed by atoms with Crippen molar-refractivity contribution in [3.8, 4) is 0 Å². The Bertz CT molecular complexity index is 333. The van der Waals surface area contributed by atoms with Crippen LogP contribution in [0.4, 0.5) is 0 Å². The molecule has 0 radical (unpaired) electrons. The zero-order chi connectivity index (χ0) is 10.3. The average molecular weight is 204 g/mol. The lowest BCUT2D eigenvalue weighted by atomic mass is 9.98. The van der Waals surface area contributed by atoms with Crippen LogP contribution < -0.4 is 0 Å². The van der Waals surface area contributed by atoms with Crippen LogP contribution in [0.15, 0.2) is 18.3 Å². The van der Waals surface area contributed by atoms with E-state index in [4.69, 9.17) is 4.74 Å². The number of aromatic nitrogens is 1. The molecule has 1 aromatic rings. The first-order chi connectivity index (χ1) is 7.29. The number of hydrogen-bond donors (Lipinski definition) is 0. The van der Waals surface area contributed by atoms with E-state index < -0.39 is 0 Å². The number of fused-ring (bicyclic) bond motifs is 2. The Morgan fingerprint density at radius 2 is 2.13 bits per heavy atom. The minimum Gasteiger partial charge on any atom is -0.372 e. The molecule has 0 N–H and O–H groups in total. The van der Waals surface area contributed by atoms with Crippen molar-refractivity contribution >= 4 is 0 Å². The second kappa shape index (κ2) is 3.58. The van der Waals surface area contributed by atoms with Gasteiger partial charge in [-0.3, -0.25) is 9.88 Å². The van der Waals surface area contributed by atoms with Gasteiger partial charge < -0.3 is 4.74 Å². The van der Waals surface area contributed by atoms with Crippen LogP contribution in [0.25, 0.3) is 0 Å². The van der Waals surface area contributed by atoms with Gasteiger partial charge in [-0.25, -0.2) is 0 Å². The number of piperidine rings is 1. The highest BCUT2D eigenvalue weighted by molar-refractivity contribution is 5.13. The van der Waals surface area contributed by atoms with Crippen molar-refractivity contribution in [2.24, 2.45) is 0 Å². The van der Waals surface area contributed by atoms with Crippen LogP contribution in [0.5, 0.6) is 0 Å². The van der Waals surface area contributed by atoms with Gasteiger partial charge >= 0.3 is 0 Å². The van der Waals surface area contributed by atoms with Gasteiger partial charge in [0.05, 0.1) is 12.2 Å². The number of rotatable bonds is 2. The summed E-state index contributed by atoms with van der Waals surface area (Å²) in [6, 6.07) is 4.25. The van der Waals surface area contributed by atoms with E-state index in [0.717, 1.165) is 25.3 Å². The average Bonchev–Trinajstić information content (AvgIpc) is 2.21. The molecule has 80 valence electrons. The second-order valence-corrected chi connectivity index (χ2v) is 4.62. The number of ether oxygens (including phenoxy) is 1. The van der Waals surface area contributed by atoms with Gasteiger partial charge in [0.25, 0.3) is 0 Å². The largest absolute Gasteiger partial charge is 0.372 e. The smallest absolute Gasteiger partial charge is 0.0731 e. The van der Waals surface area contributed by atoms with E-state index in [0.29, 0.717) is 12.2 Å². The van der Waals surface area contributed by atoms with Gasteiger partial charge in [-0.1, -0.05) is 6.07 Å². The Hall–Kier alpha value is -0.930. The molecule has 2 unspecified atom stereocenters. The van der Waals surface area contributed by atoms with Gasteiger partial charge in [0.15, 0.2) is 0 Å². The van der Waals surface area contributed by atoms with Gasteiger partial charge in [-0.05, 0) is 18.6 Å². The summed E-state index contributed by atoms with van der Waals surface area (Å²) in [5.74, 6) is 0. The molecule has 1 aromatic heterocycles. The van der Waals surface area contributed by atoms with Gasteiger partial charge in [-0.2, -0.15) is 0 Å². The standard InChI is InChI=1S/C12H16N2O/c1-9-2-3-10(5-13-9)6-14-7-11-4-12(8-14)15-11/h2-3,5,11-12H,4,6-8H2,1H3. The molecule has 4 rings (SSSR count). The maximum atomic E-state index is 5.60. The molecule has 3 fully saturated rings. The predicted octanol–water partition coefficient (Wildman–Crippen LogP) is 1.36. The molecule has 0 spiro atoms. The Balaban J connectivity index is 1.63. The van der Waals surface area contributed by atoms with Crippen molar-refractivity contribution < 1.29 is 4.74 Å². The van der Waals surface area contributed by atoms with Crippen molar-refractivity contribution in [2.75, 3.05) is 13.1 Å². The van der Waals surface area contributed by atoms with Crippen LogP contribution in [-0.2, 0) is 11.3 Å². The quantitative estimate of drug-likeness (QED) is 0.727. The molecule has 0 aliphatic carbocycles. The number of aryl methyl sites for hydroxylation is 1. The first kappa shape index (κ1) is 9.31. The lowest BCUT2D eigenvalue weighted by molar-refractivity contribution is -0.182. The summed E-state index contributed by atoms with van der Waals surface area (Å²) in [5, 5.41) is 0. The van der Waals surface area contributed by atoms with Crippen molar-refractivity contribution in [3.63, 3.8) is 0 Å². The zero-order valence-electron chi connectivity index (χ0n) is 9.02. The Morgan fingerprint density at radius 1 is 1.40 bits per heavy atom. The molecule has 2 bridgehead atoms. The molecule has 3 saturated heterocycles. The molecule has 3 aliphatic rings. The van der Waals surface area contributed by atoms with Crippen LogP contribution in [0.2, 0.25) is 0 Å². The van der Waals surface area contributed by atoms with Crippen LogP contribution >= 0.6 is 0 Å². The summed E-state index contributed by atoms with van der Waals surface area (Å²) in [5.41, 5.74) is 2.39. The molecule has 15 heavy (non-hydrogen) atoms. The Labute approximate surface area is 90.1 Å². The SMILES string of the molecule is Cc1ccc(CN2CC3CC(C2)O3)cn1. The summed E-state index contributed by atoms with van der Waals surface area (Å²) in [7, 11) is 0. The fourth-order valence-electron chi connectivity index (χ4n) is 2.42. The van der Waals surface area contributed by atoms with Crippen molar-refractivity contribution in [2.45, 2.75) is 32.1 Å². The van der Waals surface area contributed by atoms with E-state index in [-0.39, 0.29) is 0 Å². The molecular formula is C12H16N2O. The Kier molecular flexibility index (Phi) is 2.22. The number of hydrogen-bond acceptors (Lipinski definition) is 3. The van der Waals surface area contributed by atoms with Crippen molar-refractivity contribution in [1.29, 1.82) is 0 Å². The number of nitrogens with zero attached hydrogens (tertiary/aromatic N) is 2. The van der Waals surface area contributed by atoms with Gasteiger partial charge in [0.1, 0.15) is 0 Å². The molecule has 2 atom stereocenters. The third kappa shape index (κ3) is 1.90. The molecular weight excluding hydrogens is 188 g/mol. The van der Waals surface area contributed by atoms with E-state index in [9.17, 15) is 0 Å². The van der Waals surface area contributed by atoms with Crippen LogP contribution in [0.3, 0.4) is 0 Å². The van der Waals surface area contributed by atoms with E-state index >= 15 is 0 Å². The zero-order valence-corrected chi connectivity index (χ0v) is 9.02. The summed E-state index contributed by atoms with van der Waals surface area (Å²) in [6.07, 6.45) is 4.25. The van der Waals surface area contributed by atoms with Crippen molar-refractivity contribution in [1.82, 2.24) is 9.88 Å². The second-order valence-electron chi connectivity index (χ2n) is 4.62. The first-order valence-corrected chi connectivity index (χ1v) is 5.59. The highest BCUT2D eigenvalue weighted by Gasteiger charge is 2.37. The molecule has 3 nitrogen and oxygen atoms in total. The molecule has 3 heteroatoms. The fourth-order valence-corrected chi connectivity index (χ4v) is 2.42. The van der Waals surface area contributed by atoms with Gasteiger partial charge in [0, 0.05) is 37.9 Å². The maximum Gasteiger partial charge on any atom is 0.0731 e. The predicted molar refractivity (Wildman–Crippen MR) is 57.5 cm³/mol. The number of pyridine rings is 1. The molecule has 0 aromatic carbocycles. The molecule has 4 heterocycles. The maximum absolute atomic E-state index is 5.60. The topological polar surface area (TPSA) is 25.4 Å².